The van der Waals surface area contributed by atoms with E-state index in [9.17, 15) is 0 Å². The quantitative estimate of drug-likeness (QED) is 0.425. The van der Waals surface area contributed by atoms with E-state index in [2.05, 4.69) is 20.1 Å². The molecule has 5 heteroatoms. The lowest BCUT2D eigenvalue weighted by Crippen LogP contribution is -2.57. The number of aliphatic imine (C=N–C) groups is 1. The van der Waals surface area contributed by atoms with E-state index in [0.717, 1.165) is 36.9 Å². The first kappa shape index (κ1) is 16.8. The van der Waals surface area contributed by atoms with Crippen LogP contribution in [0.2, 0.25) is 0 Å². The number of nitrogens with zero attached hydrogens (tertiary/aromatic N) is 3. The van der Waals surface area contributed by atoms with E-state index < -0.39 is 0 Å². The third-order valence-electron chi connectivity index (χ3n) is 6.43. The van der Waals surface area contributed by atoms with Gasteiger partial charge in [-0.1, -0.05) is 6.42 Å². The average Bonchev–Trinajstić information content (AvgIpc) is 3.09. The second-order valence-electron chi connectivity index (χ2n) is 7.58. The van der Waals surface area contributed by atoms with Crippen molar-refractivity contribution < 1.29 is 0 Å². The summed E-state index contributed by atoms with van der Waals surface area (Å²) in [7, 11) is 1.93. The number of halogens is 1. The highest BCUT2D eigenvalue weighted by molar-refractivity contribution is 14.0. The largest absolute Gasteiger partial charge is 0.354 e. The summed E-state index contributed by atoms with van der Waals surface area (Å²) in [5, 5.41) is 3.64. The monoisotopic (exact) mass is 418 g/mol. The number of piperazine rings is 1. The Labute approximate surface area is 152 Å². The zero-order chi connectivity index (χ0) is 14.2. The second kappa shape index (κ2) is 7.24. The van der Waals surface area contributed by atoms with Gasteiger partial charge >= 0.3 is 0 Å². The first-order valence-electron chi connectivity index (χ1n) is 9.06. The molecule has 1 saturated heterocycles. The zero-order valence-corrected chi connectivity index (χ0v) is 16.2. The standard InChI is InChI=1S/C17H30N4.HI/c1-18-17(19-15-3-2-4-15)21-9-7-20(8-10-21)16-12-13-5-6-14(16)11-13;/h13-16H,2-12H2,1H3,(H,18,19);1H. The molecule has 4 fully saturated rings. The fourth-order valence-corrected chi connectivity index (χ4v) is 4.96. The van der Waals surface area contributed by atoms with E-state index in [4.69, 9.17) is 0 Å². The minimum Gasteiger partial charge on any atom is -0.354 e. The van der Waals surface area contributed by atoms with Gasteiger partial charge < -0.3 is 10.2 Å². The summed E-state index contributed by atoms with van der Waals surface area (Å²) < 4.78 is 0. The van der Waals surface area contributed by atoms with Crippen LogP contribution < -0.4 is 5.32 Å². The Hall–Kier alpha value is -0.0400. The average molecular weight is 418 g/mol. The maximum Gasteiger partial charge on any atom is 0.193 e. The van der Waals surface area contributed by atoms with Crippen LogP contribution in [-0.4, -0.2) is 61.1 Å². The molecule has 1 aliphatic heterocycles. The van der Waals surface area contributed by atoms with Gasteiger partial charge in [-0.3, -0.25) is 9.89 Å². The normalized spacial score (nSPS) is 36.1. The lowest BCUT2D eigenvalue weighted by atomic mass is 9.93. The lowest BCUT2D eigenvalue weighted by molar-refractivity contribution is 0.0952. The molecule has 1 N–H and O–H groups in total. The Kier molecular flexibility index (Phi) is 5.53. The third-order valence-corrected chi connectivity index (χ3v) is 6.43. The predicted molar refractivity (Wildman–Crippen MR) is 102 cm³/mol. The van der Waals surface area contributed by atoms with E-state index in [1.165, 1.54) is 58.0 Å². The fraction of sp³-hybridized carbons (Fsp3) is 0.941. The van der Waals surface area contributed by atoms with Crippen molar-refractivity contribution in [1.82, 2.24) is 15.1 Å². The number of fused-ring (bicyclic) bond motifs is 2. The molecule has 2 bridgehead atoms. The molecular weight excluding hydrogens is 387 g/mol. The maximum absolute atomic E-state index is 4.51. The van der Waals surface area contributed by atoms with Crippen molar-refractivity contribution in [3.05, 3.63) is 0 Å². The molecule has 22 heavy (non-hydrogen) atoms. The van der Waals surface area contributed by atoms with E-state index in [1.54, 1.807) is 0 Å². The molecule has 0 aromatic rings. The van der Waals surface area contributed by atoms with Gasteiger partial charge in [0.15, 0.2) is 5.96 Å². The van der Waals surface area contributed by atoms with E-state index >= 15 is 0 Å². The summed E-state index contributed by atoms with van der Waals surface area (Å²) in [5.74, 6) is 3.23. The first-order valence-corrected chi connectivity index (χ1v) is 9.06. The topological polar surface area (TPSA) is 30.9 Å². The van der Waals surface area contributed by atoms with Crippen molar-refractivity contribution in [2.24, 2.45) is 16.8 Å². The van der Waals surface area contributed by atoms with Gasteiger partial charge in [-0.2, -0.15) is 0 Å². The lowest BCUT2D eigenvalue weighted by Gasteiger charge is -2.42. The number of hydrogen-bond donors (Lipinski definition) is 1. The van der Waals surface area contributed by atoms with Gasteiger partial charge in [-0.15, -0.1) is 24.0 Å². The maximum atomic E-state index is 4.51. The number of rotatable bonds is 2. The Morgan fingerprint density at radius 1 is 1.00 bits per heavy atom. The van der Waals surface area contributed by atoms with Crippen LogP contribution in [0.3, 0.4) is 0 Å². The molecule has 0 amide bonds. The first-order chi connectivity index (χ1) is 10.3. The molecule has 3 saturated carbocycles. The van der Waals surface area contributed by atoms with Crippen molar-refractivity contribution in [3.8, 4) is 0 Å². The van der Waals surface area contributed by atoms with Crippen molar-refractivity contribution in [3.63, 3.8) is 0 Å². The molecule has 0 radical (unpaired) electrons. The molecule has 0 aromatic carbocycles. The van der Waals surface area contributed by atoms with Crippen LogP contribution in [0.5, 0.6) is 0 Å². The number of guanidine groups is 1. The van der Waals surface area contributed by atoms with Crippen molar-refractivity contribution in [1.29, 1.82) is 0 Å². The van der Waals surface area contributed by atoms with Crippen LogP contribution in [-0.2, 0) is 0 Å². The van der Waals surface area contributed by atoms with Crippen LogP contribution >= 0.6 is 24.0 Å². The number of nitrogens with one attached hydrogen (secondary N) is 1. The minimum atomic E-state index is 0. The SMILES string of the molecule is CN=C(NC1CCC1)N1CCN(C2CC3CCC2C3)CC1.I. The van der Waals surface area contributed by atoms with Gasteiger partial charge in [-0.05, 0) is 50.4 Å². The van der Waals surface area contributed by atoms with Crippen molar-refractivity contribution in [2.75, 3.05) is 33.2 Å². The molecule has 1 heterocycles. The van der Waals surface area contributed by atoms with Crippen LogP contribution in [0.1, 0.15) is 44.9 Å². The predicted octanol–water partition coefficient (Wildman–Crippen LogP) is 2.54. The second-order valence-corrected chi connectivity index (χ2v) is 7.58. The van der Waals surface area contributed by atoms with Crippen LogP contribution in [0.15, 0.2) is 4.99 Å². The van der Waals surface area contributed by atoms with Crippen LogP contribution in [0.25, 0.3) is 0 Å². The molecule has 3 unspecified atom stereocenters. The van der Waals surface area contributed by atoms with Gasteiger partial charge in [-0.25, -0.2) is 0 Å². The van der Waals surface area contributed by atoms with Gasteiger partial charge in [0.1, 0.15) is 0 Å². The number of hydrogen-bond acceptors (Lipinski definition) is 2. The summed E-state index contributed by atoms with van der Waals surface area (Å²) >= 11 is 0. The van der Waals surface area contributed by atoms with Crippen LogP contribution in [0, 0.1) is 11.8 Å². The molecule has 3 aliphatic carbocycles. The highest BCUT2D eigenvalue weighted by Gasteiger charge is 2.42. The van der Waals surface area contributed by atoms with Crippen molar-refractivity contribution >= 4 is 29.9 Å². The van der Waals surface area contributed by atoms with Gasteiger partial charge in [0.2, 0.25) is 0 Å². The Morgan fingerprint density at radius 3 is 2.27 bits per heavy atom. The van der Waals surface area contributed by atoms with Crippen molar-refractivity contribution in [2.45, 2.75) is 57.0 Å². The van der Waals surface area contributed by atoms with E-state index in [-0.39, 0.29) is 24.0 Å². The molecule has 0 spiro atoms. The third kappa shape index (κ3) is 3.25. The Bertz CT molecular complexity index is 401. The molecule has 4 rings (SSSR count). The minimum absolute atomic E-state index is 0. The smallest absolute Gasteiger partial charge is 0.193 e. The highest BCUT2D eigenvalue weighted by atomic mass is 127. The van der Waals surface area contributed by atoms with Gasteiger partial charge in [0.05, 0.1) is 0 Å². The molecule has 4 nitrogen and oxygen atoms in total. The van der Waals surface area contributed by atoms with Gasteiger partial charge in [0, 0.05) is 45.3 Å². The highest BCUT2D eigenvalue weighted by Crippen LogP contribution is 2.46. The Balaban J connectivity index is 0.00000144. The molecule has 4 aliphatic rings. The molecule has 3 atom stereocenters. The Morgan fingerprint density at radius 2 is 1.77 bits per heavy atom. The fourth-order valence-electron chi connectivity index (χ4n) is 4.96. The molecule has 126 valence electrons. The summed E-state index contributed by atoms with van der Waals surface area (Å²) in [4.78, 5) is 9.77. The summed E-state index contributed by atoms with van der Waals surface area (Å²) in [6.07, 6.45) is 10.1. The summed E-state index contributed by atoms with van der Waals surface area (Å²) in [5.41, 5.74) is 0. The molecular formula is C17H31IN4. The summed E-state index contributed by atoms with van der Waals surface area (Å²) in [6.45, 7) is 4.78. The van der Waals surface area contributed by atoms with E-state index in [0.29, 0.717) is 6.04 Å². The summed E-state index contributed by atoms with van der Waals surface area (Å²) in [6, 6.07) is 1.60. The zero-order valence-electron chi connectivity index (χ0n) is 13.8. The van der Waals surface area contributed by atoms with E-state index in [1.807, 2.05) is 7.05 Å². The molecule has 0 aromatic heterocycles. The van der Waals surface area contributed by atoms with Gasteiger partial charge in [0.25, 0.3) is 0 Å². The van der Waals surface area contributed by atoms with Crippen LogP contribution in [0.4, 0.5) is 0 Å².